The summed E-state index contributed by atoms with van der Waals surface area (Å²) in [6.45, 7) is 18.3. The molecule has 3 amide bonds. The Bertz CT molecular complexity index is 2540. The molecular formula is C64H90N4O17. The standard InChI is InChI=1S/C34H46N2O14.C30H44N2O3/c37-31(3-1-5-33(39)40)35-25-7-9-27-29(23-25)49-21-17-45-13-14-46-18-22-50-30-24-26(36-32(38)4-2-6-34(41)42)8-10-28(30)48-20-16-44-12-11-43-15-19-47-27;1-29(2,3)24-17-23(18-25(20-24)30(4,5)6)21-31-16-12-11-15-27(33)32-26(28(34)35-7)19-22-13-9-8-10-14-22/h7-10,23-24H,1-6,11-22H2,(H,35,37)(H,36,38)(H,39,40)(H,41,42);8-10,13-14,17-18,20,26,31H,11-12,15-16,19,21H2,1-7H3,(H,32,33)/t;26-/m.0/s1. The summed E-state index contributed by atoms with van der Waals surface area (Å²) in [4.78, 5) is 70.5. The van der Waals surface area contributed by atoms with Crippen molar-refractivity contribution in [2.45, 2.75) is 129 Å². The first-order valence-electron chi connectivity index (χ1n) is 29.1. The van der Waals surface area contributed by atoms with Gasteiger partial charge in [-0.25, -0.2) is 4.79 Å². The number of amides is 3. The maximum absolute atomic E-state index is 12.4. The molecule has 1 atom stereocenters. The van der Waals surface area contributed by atoms with E-state index in [4.69, 9.17) is 52.8 Å². The average Bonchev–Trinajstić information content (AvgIpc) is 3.65. The summed E-state index contributed by atoms with van der Waals surface area (Å²) in [6.07, 6.45) is 2.88. The van der Waals surface area contributed by atoms with Crippen LogP contribution in [-0.2, 0) is 76.2 Å². The minimum absolute atomic E-state index is 0.0730. The van der Waals surface area contributed by atoms with Gasteiger partial charge in [0.2, 0.25) is 17.7 Å². The smallest absolute Gasteiger partial charge is 0.328 e. The first kappa shape index (κ1) is 70.2. The van der Waals surface area contributed by atoms with E-state index >= 15 is 0 Å². The summed E-state index contributed by atoms with van der Waals surface area (Å²) in [7, 11) is 1.35. The van der Waals surface area contributed by atoms with Gasteiger partial charge in [0.25, 0.3) is 0 Å². The van der Waals surface area contributed by atoms with Crippen molar-refractivity contribution < 1.29 is 81.6 Å². The van der Waals surface area contributed by atoms with E-state index in [1.54, 1.807) is 36.4 Å². The summed E-state index contributed by atoms with van der Waals surface area (Å²) < 4.78 is 50.8. The number of carbonyl (C=O) groups is 6. The summed E-state index contributed by atoms with van der Waals surface area (Å²) in [5.74, 6) is -1.38. The molecular weight excluding hydrogens is 1100 g/mol. The monoisotopic (exact) mass is 1190 g/mol. The van der Waals surface area contributed by atoms with E-state index in [2.05, 4.69) is 81.0 Å². The van der Waals surface area contributed by atoms with Gasteiger partial charge >= 0.3 is 17.9 Å². The van der Waals surface area contributed by atoms with E-state index in [0.717, 1.165) is 31.5 Å². The minimum Gasteiger partial charge on any atom is -0.487 e. The van der Waals surface area contributed by atoms with Gasteiger partial charge in [0.05, 0.1) is 60.0 Å². The normalized spacial score (nSPS) is 14.4. The third-order valence-corrected chi connectivity index (χ3v) is 12.9. The fourth-order valence-electron chi connectivity index (χ4n) is 8.25. The van der Waals surface area contributed by atoms with Gasteiger partial charge in [0, 0.05) is 68.6 Å². The summed E-state index contributed by atoms with van der Waals surface area (Å²) in [6, 6.07) is 25.9. The number of carboxylic acid groups (broad SMARTS) is 2. The second-order valence-electron chi connectivity index (χ2n) is 22.1. The van der Waals surface area contributed by atoms with Crippen molar-refractivity contribution in [3.05, 3.63) is 107 Å². The fourth-order valence-corrected chi connectivity index (χ4v) is 8.25. The zero-order valence-corrected chi connectivity index (χ0v) is 50.6. The molecule has 0 spiro atoms. The number of hydrogen-bond donors (Lipinski definition) is 6. The largest absolute Gasteiger partial charge is 0.487 e. The number of carbonyl (C=O) groups excluding carboxylic acids is 4. The molecule has 21 nitrogen and oxygen atoms in total. The number of unbranched alkanes of at least 4 members (excludes halogenated alkanes) is 1. The predicted octanol–water partition coefficient (Wildman–Crippen LogP) is 8.81. The Balaban J connectivity index is 0.000000388. The Labute approximate surface area is 500 Å². The van der Waals surface area contributed by atoms with Crippen molar-refractivity contribution >= 4 is 47.0 Å². The number of methoxy groups -OCH3 is 1. The quantitative estimate of drug-likeness (QED) is 0.0336. The highest BCUT2D eigenvalue weighted by molar-refractivity contribution is 5.92. The molecule has 0 bridgehead atoms. The van der Waals surface area contributed by atoms with Crippen molar-refractivity contribution in [1.29, 1.82) is 0 Å². The topological polar surface area (TPSA) is 274 Å². The number of anilines is 2. The molecule has 0 fully saturated rings. The lowest BCUT2D eigenvalue weighted by atomic mass is 9.79. The third-order valence-electron chi connectivity index (χ3n) is 12.9. The Morgan fingerprint density at radius 1 is 0.482 bits per heavy atom. The Morgan fingerprint density at radius 3 is 1.33 bits per heavy atom. The number of hydrogen-bond acceptors (Lipinski definition) is 16. The lowest BCUT2D eigenvalue weighted by Gasteiger charge is -2.26. The van der Waals surface area contributed by atoms with Crippen LogP contribution < -0.4 is 40.2 Å². The number of fused-ring (bicyclic) bond motifs is 2. The second-order valence-corrected chi connectivity index (χ2v) is 22.1. The van der Waals surface area contributed by atoms with Gasteiger partial charge in [-0.05, 0) is 89.6 Å². The zero-order chi connectivity index (χ0) is 61.9. The fraction of sp³-hybridized carbons (Fsp3) is 0.531. The van der Waals surface area contributed by atoms with Crippen LogP contribution in [0.1, 0.15) is 122 Å². The van der Waals surface area contributed by atoms with Crippen LogP contribution >= 0.6 is 0 Å². The Hall–Kier alpha value is -7.30. The molecule has 6 N–H and O–H groups in total. The van der Waals surface area contributed by atoms with E-state index in [9.17, 15) is 28.8 Å². The molecule has 0 saturated carbocycles. The van der Waals surface area contributed by atoms with Gasteiger partial charge < -0.3 is 74.1 Å². The minimum atomic E-state index is -0.955. The van der Waals surface area contributed by atoms with Crippen molar-refractivity contribution in [3.63, 3.8) is 0 Å². The number of rotatable bonds is 21. The number of aliphatic carboxylic acids is 2. The number of esters is 1. The first-order chi connectivity index (χ1) is 40.7. The Morgan fingerprint density at radius 2 is 0.906 bits per heavy atom. The van der Waals surface area contributed by atoms with E-state index in [1.165, 1.54) is 23.8 Å². The molecule has 5 rings (SSSR count). The van der Waals surface area contributed by atoms with E-state index in [-0.39, 0.29) is 120 Å². The molecule has 0 aromatic heterocycles. The molecule has 0 saturated heterocycles. The molecule has 1 heterocycles. The first-order valence-corrected chi connectivity index (χ1v) is 29.1. The molecule has 21 heteroatoms. The van der Waals surface area contributed by atoms with Crippen LogP contribution in [0.25, 0.3) is 0 Å². The summed E-state index contributed by atoms with van der Waals surface area (Å²) in [5, 5.41) is 29.4. The lowest BCUT2D eigenvalue weighted by molar-refractivity contribution is -0.145. The van der Waals surface area contributed by atoms with Crippen molar-refractivity contribution in [2.24, 2.45) is 0 Å². The molecule has 4 aromatic carbocycles. The summed E-state index contributed by atoms with van der Waals surface area (Å²) in [5.41, 5.74) is 6.15. The van der Waals surface area contributed by atoms with Gasteiger partial charge in [0.15, 0.2) is 23.0 Å². The highest BCUT2D eigenvalue weighted by Crippen LogP contribution is 2.33. The molecule has 468 valence electrons. The number of ether oxygens (including phenoxy) is 9. The molecule has 0 radical (unpaired) electrons. The van der Waals surface area contributed by atoms with Gasteiger partial charge in [0.1, 0.15) is 32.5 Å². The van der Waals surface area contributed by atoms with Crippen LogP contribution in [0.4, 0.5) is 11.4 Å². The van der Waals surface area contributed by atoms with Crippen LogP contribution in [0.3, 0.4) is 0 Å². The van der Waals surface area contributed by atoms with Gasteiger partial charge in [-0.15, -0.1) is 0 Å². The molecule has 0 unspecified atom stereocenters. The maximum atomic E-state index is 12.4. The van der Waals surface area contributed by atoms with Crippen molar-refractivity contribution in [3.8, 4) is 23.0 Å². The van der Waals surface area contributed by atoms with E-state index in [0.29, 0.717) is 73.6 Å². The van der Waals surface area contributed by atoms with E-state index < -0.39 is 23.9 Å². The maximum Gasteiger partial charge on any atom is 0.328 e. The molecule has 85 heavy (non-hydrogen) atoms. The van der Waals surface area contributed by atoms with E-state index in [1.807, 2.05) is 30.3 Å². The van der Waals surface area contributed by atoms with Crippen molar-refractivity contribution in [2.75, 3.05) is 104 Å². The summed E-state index contributed by atoms with van der Waals surface area (Å²) >= 11 is 0. The molecule has 1 aliphatic heterocycles. The highest BCUT2D eigenvalue weighted by atomic mass is 16.6. The molecule has 4 aromatic rings. The third kappa shape index (κ3) is 29.9. The van der Waals surface area contributed by atoms with Crippen LogP contribution in [0.2, 0.25) is 0 Å². The van der Waals surface area contributed by atoms with Gasteiger partial charge in [-0.2, -0.15) is 0 Å². The van der Waals surface area contributed by atoms with Crippen LogP contribution in [0, 0.1) is 0 Å². The zero-order valence-electron chi connectivity index (χ0n) is 50.6. The van der Waals surface area contributed by atoms with Crippen LogP contribution in [0.5, 0.6) is 23.0 Å². The van der Waals surface area contributed by atoms with Gasteiger partial charge in [-0.3, -0.25) is 24.0 Å². The van der Waals surface area contributed by atoms with Crippen LogP contribution in [0.15, 0.2) is 84.9 Å². The average molecular weight is 1190 g/mol. The Kier molecular flexibility index (Phi) is 31.9. The van der Waals surface area contributed by atoms with Crippen LogP contribution in [-0.4, -0.2) is 145 Å². The molecule has 0 aliphatic carbocycles. The SMILES string of the molecule is COC(=O)[C@H](Cc1ccccc1)NC(=O)CCCCNCc1cc(C(C)(C)C)cc(C(C)(C)C)c1.O=C(O)CCCC(=O)Nc1ccc2c(c1)OCCOCCOCCOc1cc(NC(=O)CCCC(=O)O)ccc1OCCOCCOCCO2. The lowest BCUT2D eigenvalue weighted by Crippen LogP contribution is -2.43. The molecule has 1 aliphatic rings. The van der Waals surface area contributed by atoms with Gasteiger partial charge in [-0.1, -0.05) is 90.1 Å². The predicted molar refractivity (Wildman–Crippen MR) is 322 cm³/mol. The second kappa shape index (κ2) is 38.6. The number of benzene rings is 4. The number of carboxylic acids is 2. The number of nitrogens with one attached hydrogen (secondary N) is 4. The highest BCUT2D eigenvalue weighted by Gasteiger charge is 2.23. The van der Waals surface area contributed by atoms with Crippen molar-refractivity contribution in [1.82, 2.24) is 10.6 Å².